The molecule has 5 nitrogen and oxygen atoms in total. The quantitative estimate of drug-likeness (QED) is 0.870. The zero-order valence-electron chi connectivity index (χ0n) is 11.3. The molecule has 0 saturated heterocycles. The number of aromatic amines is 1. The molecule has 0 aliphatic carbocycles. The summed E-state index contributed by atoms with van der Waals surface area (Å²) < 4.78 is 10.6. The largest absolute Gasteiger partial charge is 0.451 e. The predicted molar refractivity (Wildman–Crippen MR) is 75.1 cm³/mol. The molecular weight excluding hydrogens is 303 g/mol. The molecule has 1 N–H and O–H groups in total. The van der Waals surface area contributed by atoms with Gasteiger partial charge in [0.2, 0.25) is 5.89 Å². The molecule has 0 unspecified atom stereocenters. The van der Waals surface area contributed by atoms with E-state index < -0.39 is 5.97 Å². The highest BCUT2D eigenvalue weighted by molar-refractivity contribution is 6.41. The van der Waals surface area contributed by atoms with Crippen molar-refractivity contribution in [1.29, 1.82) is 0 Å². The molecule has 0 aliphatic rings. The van der Waals surface area contributed by atoms with Crippen molar-refractivity contribution < 1.29 is 13.9 Å². The van der Waals surface area contributed by atoms with E-state index in [1.165, 1.54) is 6.07 Å². The summed E-state index contributed by atoms with van der Waals surface area (Å²) in [5, 5.41) is 0.467. The van der Waals surface area contributed by atoms with Crippen LogP contribution in [0.5, 0.6) is 0 Å². The number of oxazole rings is 1. The Morgan fingerprint density at radius 2 is 2.15 bits per heavy atom. The van der Waals surface area contributed by atoms with E-state index in [9.17, 15) is 4.79 Å². The van der Waals surface area contributed by atoms with Gasteiger partial charge in [-0.15, -0.1) is 0 Å². The SMILES string of the molecule is CC(C)(C)c1cnc(COC(=O)c2cc(Cl)c(Cl)[nH]2)o1. The zero-order chi connectivity index (χ0) is 14.9. The topological polar surface area (TPSA) is 68.1 Å². The number of hydrogen-bond acceptors (Lipinski definition) is 4. The Bertz CT molecular complexity index is 606. The monoisotopic (exact) mass is 316 g/mol. The number of hydrogen-bond donors (Lipinski definition) is 1. The van der Waals surface area contributed by atoms with Gasteiger partial charge in [0, 0.05) is 5.41 Å². The van der Waals surface area contributed by atoms with Gasteiger partial charge in [-0.3, -0.25) is 0 Å². The van der Waals surface area contributed by atoms with E-state index in [0.29, 0.717) is 5.89 Å². The number of nitrogens with one attached hydrogen (secondary N) is 1. The highest BCUT2D eigenvalue weighted by Crippen LogP contribution is 2.24. The molecule has 0 spiro atoms. The summed E-state index contributed by atoms with van der Waals surface area (Å²) in [4.78, 5) is 18.4. The van der Waals surface area contributed by atoms with Crippen molar-refractivity contribution in [1.82, 2.24) is 9.97 Å². The van der Waals surface area contributed by atoms with Crippen LogP contribution in [0.2, 0.25) is 10.2 Å². The third-order valence-corrected chi connectivity index (χ3v) is 3.26. The summed E-state index contributed by atoms with van der Waals surface area (Å²) in [6.45, 7) is 5.97. The number of esters is 1. The summed E-state index contributed by atoms with van der Waals surface area (Å²) in [7, 11) is 0. The molecule has 0 saturated carbocycles. The second-order valence-electron chi connectivity index (χ2n) is 5.29. The van der Waals surface area contributed by atoms with Gasteiger partial charge in [-0.1, -0.05) is 44.0 Å². The van der Waals surface area contributed by atoms with Crippen LogP contribution in [0.15, 0.2) is 16.7 Å². The minimum Gasteiger partial charge on any atom is -0.451 e. The Kier molecular flexibility index (Phi) is 4.11. The molecule has 2 heterocycles. The van der Waals surface area contributed by atoms with Gasteiger partial charge in [-0.25, -0.2) is 9.78 Å². The highest BCUT2D eigenvalue weighted by atomic mass is 35.5. The van der Waals surface area contributed by atoms with E-state index in [-0.39, 0.29) is 27.9 Å². The first-order valence-corrected chi connectivity index (χ1v) is 6.69. The van der Waals surface area contributed by atoms with Crippen molar-refractivity contribution in [2.24, 2.45) is 0 Å². The molecule has 0 aliphatic heterocycles. The van der Waals surface area contributed by atoms with Gasteiger partial charge in [0.1, 0.15) is 16.6 Å². The maximum atomic E-state index is 11.7. The van der Waals surface area contributed by atoms with Crippen LogP contribution in [0.25, 0.3) is 0 Å². The Morgan fingerprint density at radius 3 is 2.65 bits per heavy atom. The van der Waals surface area contributed by atoms with E-state index >= 15 is 0 Å². The van der Waals surface area contributed by atoms with E-state index in [2.05, 4.69) is 9.97 Å². The lowest BCUT2D eigenvalue weighted by Crippen LogP contribution is -2.09. The smallest absolute Gasteiger partial charge is 0.355 e. The van der Waals surface area contributed by atoms with Crippen LogP contribution in [-0.4, -0.2) is 15.9 Å². The van der Waals surface area contributed by atoms with Crippen LogP contribution in [0, 0.1) is 0 Å². The highest BCUT2D eigenvalue weighted by Gasteiger charge is 2.20. The van der Waals surface area contributed by atoms with Gasteiger partial charge in [-0.2, -0.15) is 0 Å². The lowest BCUT2D eigenvalue weighted by atomic mass is 9.94. The summed E-state index contributed by atoms with van der Waals surface area (Å²) >= 11 is 11.5. The Hall–Kier alpha value is -1.46. The number of carbonyl (C=O) groups is 1. The summed E-state index contributed by atoms with van der Waals surface area (Å²) in [5.74, 6) is 0.496. The number of carbonyl (C=O) groups excluding carboxylic acids is 1. The minimum absolute atomic E-state index is 0.0524. The lowest BCUT2D eigenvalue weighted by molar-refractivity contribution is 0.0429. The third kappa shape index (κ3) is 3.35. The molecule has 108 valence electrons. The Balaban J connectivity index is 1.98. The first kappa shape index (κ1) is 14.9. The standard InChI is InChI=1S/C13H14Cl2N2O3/c1-13(2,3)9-5-16-10(20-9)6-19-12(18)8-4-7(14)11(15)17-8/h4-5,17H,6H2,1-3H3. The maximum Gasteiger partial charge on any atom is 0.355 e. The van der Waals surface area contributed by atoms with Crippen molar-refractivity contribution in [2.45, 2.75) is 32.8 Å². The third-order valence-electron chi connectivity index (χ3n) is 2.56. The van der Waals surface area contributed by atoms with Crippen LogP contribution in [0.1, 0.15) is 42.9 Å². The van der Waals surface area contributed by atoms with E-state index in [1.54, 1.807) is 6.20 Å². The molecule has 0 aromatic carbocycles. The van der Waals surface area contributed by atoms with Crippen molar-refractivity contribution in [3.05, 3.63) is 39.8 Å². The Morgan fingerprint density at radius 1 is 1.45 bits per heavy atom. The van der Waals surface area contributed by atoms with Crippen molar-refractivity contribution in [3.8, 4) is 0 Å². The second kappa shape index (κ2) is 5.50. The fourth-order valence-corrected chi connectivity index (χ4v) is 1.76. The van der Waals surface area contributed by atoms with Crippen LogP contribution >= 0.6 is 23.2 Å². The molecule has 0 bridgehead atoms. The van der Waals surface area contributed by atoms with Crippen LogP contribution in [-0.2, 0) is 16.8 Å². The van der Waals surface area contributed by atoms with E-state index in [0.717, 1.165) is 5.76 Å². The fraction of sp³-hybridized carbons (Fsp3) is 0.385. The van der Waals surface area contributed by atoms with E-state index in [4.69, 9.17) is 32.4 Å². The molecule has 2 aromatic heterocycles. The second-order valence-corrected chi connectivity index (χ2v) is 6.07. The molecule has 0 radical (unpaired) electrons. The normalized spacial score (nSPS) is 11.7. The van der Waals surface area contributed by atoms with Crippen LogP contribution in [0.3, 0.4) is 0 Å². The minimum atomic E-state index is -0.575. The van der Waals surface area contributed by atoms with Gasteiger partial charge in [0.15, 0.2) is 6.61 Å². The molecule has 20 heavy (non-hydrogen) atoms. The first-order valence-electron chi connectivity index (χ1n) is 5.93. The molecule has 0 atom stereocenters. The summed E-state index contributed by atoms with van der Waals surface area (Å²) in [6.07, 6.45) is 1.63. The fourth-order valence-electron chi connectivity index (χ4n) is 1.44. The Labute approximate surface area is 126 Å². The number of rotatable bonds is 3. The number of aromatic nitrogens is 2. The van der Waals surface area contributed by atoms with E-state index in [1.807, 2.05) is 20.8 Å². The van der Waals surface area contributed by atoms with Gasteiger partial charge in [0.25, 0.3) is 0 Å². The first-order chi connectivity index (χ1) is 9.27. The maximum absolute atomic E-state index is 11.7. The van der Waals surface area contributed by atoms with Crippen LogP contribution in [0.4, 0.5) is 0 Å². The summed E-state index contributed by atoms with van der Waals surface area (Å²) in [5.41, 5.74) is 0.0399. The van der Waals surface area contributed by atoms with Gasteiger partial charge in [-0.05, 0) is 6.07 Å². The zero-order valence-corrected chi connectivity index (χ0v) is 12.8. The average Bonchev–Trinajstić information content (AvgIpc) is 2.94. The number of ether oxygens (including phenoxy) is 1. The lowest BCUT2D eigenvalue weighted by Gasteiger charge is -2.13. The van der Waals surface area contributed by atoms with Gasteiger partial charge < -0.3 is 14.1 Å². The van der Waals surface area contributed by atoms with Crippen molar-refractivity contribution in [2.75, 3.05) is 0 Å². The molecular formula is C13H14Cl2N2O3. The number of H-pyrrole nitrogens is 1. The molecule has 7 heteroatoms. The predicted octanol–water partition coefficient (Wildman–Crippen LogP) is 3.96. The molecule has 0 amide bonds. The number of nitrogens with zero attached hydrogens (tertiary/aromatic N) is 1. The average molecular weight is 317 g/mol. The molecule has 2 aromatic rings. The van der Waals surface area contributed by atoms with Crippen molar-refractivity contribution >= 4 is 29.2 Å². The molecule has 0 fully saturated rings. The van der Waals surface area contributed by atoms with Crippen molar-refractivity contribution in [3.63, 3.8) is 0 Å². The van der Waals surface area contributed by atoms with Gasteiger partial charge in [0.05, 0.1) is 11.2 Å². The number of halogens is 2. The van der Waals surface area contributed by atoms with Gasteiger partial charge >= 0.3 is 5.97 Å². The summed E-state index contributed by atoms with van der Waals surface area (Å²) in [6, 6.07) is 1.41. The molecule has 2 rings (SSSR count). The van der Waals surface area contributed by atoms with Crippen LogP contribution < -0.4 is 0 Å².